The maximum atomic E-state index is 12.4. The van der Waals surface area contributed by atoms with Gasteiger partial charge in [0.2, 0.25) is 10.0 Å². The molecule has 0 heterocycles. The van der Waals surface area contributed by atoms with Gasteiger partial charge in [0.05, 0.1) is 9.82 Å². The lowest BCUT2D eigenvalue weighted by molar-refractivity contribution is -0.384. The van der Waals surface area contributed by atoms with Crippen molar-refractivity contribution in [1.82, 2.24) is 10.0 Å². The van der Waals surface area contributed by atoms with Crippen molar-refractivity contribution in [1.29, 1.82) is 0 Å². The molecule has 2 N–H and O–H groups in total. The molecule has 31 heavy (non-hydrogen) atoms. The van der Waals surface area contributed by atoms with E-state index in [0.29, 0.717) is 5.56 Å². The Hall–Kier alpha value is -3.56. The zero-order chi connectivity index (χ0) is 22.4. The fourth-order valence-corrected chi connectivity index (χ4v) is 3.79. The zero-order valence-electron chi connectivity index (χ0n) is 16.7. The molecule has 3 rings (SSSR count). The number of nitro benzene ring substituents is 1. The molecular weight excluding hydrogens is 418 g/mol. The maximum Gasteiger partial charge on any atom is 0.269 e. The number of hydrogen-bond donors (Lipinski definition) is 2. The second kappa shape index (κ2) is 9.50. The molecule has 0 radical (unpaired) electrons. The van der Waals surface area contributed by atoms with Crippen LogP contribution in [0.25, 0.3) is 0 Å². The third kappa shape index (κ3) is 5.97. The summed E-state index contributed by atoms with van der Waals surface area (Å²) in [6, 6.07) is 19.1. The van der Waals surface area contributed by atoms with E-state index in [-0.39, 0.29) is 29.6 Å². The lowest BCUT2D eigenvalue weighted by Gasteiger charge is -2.09. The van der Waals surface area contributed by atoms with E-state index in [9.17, 15) is 23.3 Å². The van der Waals surface area contributed by atoms with Crippen molar-refractivity contribution in [2.24, 2.45) is 0 Å². The van der Waals surface area contributed by atoms with Crippen LogP contribution >= 0.6 is 0 Å². The van der Waals surface area contributed by atoms with Gasteiger partial charge < -0.3 is 5.32 Å². The molecule has 0 aliphatic heterocycles. The number of benzene rings is 3. The summed E-state index contributed by atoms with van der Waals surface area (Å²) in [4.78, 5) is 22.5. The number of carbonyl (C=O) groups is 1. The third-order valence-corrected chi connectivity index (χ3v) is 6.03. The Morgan fingerprint density at radius 2 is 1.42 bits per heavy atom. The van der Waals surface area contributed by atoms with E-state index in [2.05, 4.69) is 10.0 Å². The quantitative estimate of drug-likeness (QED) is 0.412. The first kappa shape index (κ1) is 22.1. The van der Waals surface area contributed by atoms with E-state index >= 15 is 0 Å². The summed E-state index contributed by atoms with van der Waals surface area (Å²) in [7, 11) is -3.60. The number of nitro groups is 1. The summed E-state index contributed by atoms with van der Waals surface area (Å²) < 4.78 is 27.3. The van der Waals surface area contributed by atoms with Crippen molar-refractivity contribution in [3.8, 4) is 0 Å². The number of sulfonamides is 1. The topological polar surface area (TPSA) is 118 Å². The molecule has 0 aliphatic rings. The molecule has 0 fully saturated rings. The van der Waals surface area contributed by atoms with Crippen LogP contribution in [0.5, 0.6) is 0 Å². The van der Waals surface area contributed by atoms with E-state index in [0.717, 1.165) is 16.7 Å². The van der Waals surface area contributed by atoms with Gasteiger partial charge in [0.15, 0.2) is 0 Å². The lowest BCUT2D eigenvalue weighted by Crippen LogP contribution is -2.23. The van der Waals surface area contributed by atoms with Crippen LogP contribution in [-0.2, 0) is 23.1 Å². The molecule has 160 valence electrons. The molecule has 0 saturated carbocycles. The highest BCUT2D eigenvalue weighted by Gasteiger charge is 2.13. The number of rotatable bonds is 8. The van der Waals surface area contributed by atoms with Gasteiger partial charge in [-0.2, -0.15) is 0 Å². The summed E-state index contributed by atoms with van der Waals surface area (Å²) in [6.45, 7) is 2.30. The number of nitrogens with zero attached hydrogens (tertiary/aromatic N) is 1. The number of hydrogen-bond acceptors (Lipinski definition) is 5. The van der Waals surface area contributed by atoms with Crippen molar-refractivity contribution in [2.75, 3.05) is 0 Å². The predicted molar refractivity (Wildman–Crippen MR) is 116 cm³/mol. The maximum absolute atomic E-state index is 12.4. The van der Waals surface area contributed by atoms with Crippen molar-refractivity contribution in [2.45, 2.75) is 24.9 Å². The van der Waals surface area contributed by atoms with E-state index < -0.39 is 14.9 Å². The largest absolute Gasteiger partial charge is 0.348 e. The molecule has 0 aromatic heterocycles. The van der Waals surface area contributed by atoms with E-state index in [1.54, 1.807) is 48.5 Å². The molecule has 0 aliphatic carbocycles. The Labute approximate surface area is 180 Å². The average molecular weight is 439 g/mol. The molecule has 3 aromatic carbocycles. The highest BCUT2D eigenvalue weighted by atomic mass is 32.2. The first-order valence-corrected chi connectivity index (χ1v) is 10.9. The highest BCUT2D eigenvalue weighted by Crippen LogP contribution is 2.13. The second-order valence-electron chi connectivity index (χ2n) is 6.94. The third-order valence-electron chi connectivity index (χ3n) is 4.61. The minimum Gasteiger partial charge on any atom is -0.348 e. The van der Waals surface area contributed by atoms with Gasteiger partial charge in [0.25, 0.3) is 11.6 Å². The van der Waals surface area contributed by atoms with Crippen molar-refractivity contribution in [3.63, 3.8) is 0 Å². The van der Waals surface area contributed by atoms with Gasteiger partial charge >= 0.3 is 0 Å². The second-order valence-corrected chi connectivity index (χ2v) is 8.71. The van der Waals surface area contributed by atoms with Crippen LogP contribution in [0.15, 0.2) is 77.7 Å². The Kier molecular flexibility index (Phi) is 6.78. The zero-order valence-corrected chi connectivity index (χ0v) is 17.6. The van der Waals surface area contributed by atoms with E-state index in [1.807, 2.05) is 6.92 Å². The molecule has 0 saturated heterocycles. The number of nitrogens with one attached hydrogen (secondary N) is 2. The Morgan fingerprint density at radius 3 is 1.97 bits per heavy atom. The predicted octanol–water partition coefficient (Wildman–Crippen LogP) is 3.31. The van der Waals surface area contributed by atoms with Gasteiger partial charge in [-0.05, 0) is 42.3 Å². The first-order valence-electron chi connectivity index (χ1n) is 9.41. The molecule has 0 unspecified atom stereocenters. The minimum absolute atomic E-state index is 0.0786. The Balaban J connectivity index is 1.53. The first-order chi connectivity index (χ1) is 14.7. The minimum atomic E-state index is -3.60. The SMILES string of the molecule is Cc1ccc(S(=O)(=O)NCc2ccc(CNC(=O)c3ccc([N+](=O)[O-])cc3)cc2)cc1. The number of aryl methyl sites for hydroxylation is 1. The van der Waals surface area contributed by atoms with Gasteiger partial charge in [-0.25, -0.2) is 13.1 Å². The van der Waals surface area contributed by atoms with Crippen LogP contribution in [0.4, 0.5) is 5.69 Å². The molecule has 0 bridgehead atoms. The Morgan fingerprint density at radius 1 is 0.871 bits per heavy atom. The number of non-ortho nitro benzene ring substituents is 1. The normalized spacial score (nSPS) is 11.1. The van der Waals surface area contributed by atoms with Crippen LogP contribution in [0.1, 0.15) is 27.0 Å². The molecule has 0 spiro atoms. The van der Waals surface area contributed by atoms with Crippen LogP contribution < -0.4 is 10.0 Å². The van der Waals surface area contributed by atoms with Crippen LogP contribution in [-0.4, -0.2) is 19.2 Å². The Bertz CT molecular complexity index is 1170. The molecule has 0 atom stereocenters. The smallest absolute Gasteiger partial charge is 0.269 e. The summed E-state index contributed by atoms with van der Waals surface area (Å²) in [5.41, 5.74) is 2.84. The van der Waals surface area contributed by atoms with Crippen molar-refractivity contribution < 1.29 is 18.1 Å². The molecular formula is C22H21N3O5S. The molecule has 1 amide bonds. The van der Waals surface area contributed by atoms with Gasteiger partial charge in [-0.1, -0.05) is 42.0 Å². The highest BCUT2D eigenvalue weighted by molar-refractivity contribution is 7.89. The van der Waals surface area contributed by atoms with Crippen LogP contribution in [0.3, 0.4) is 0 Å². The van der Waals surface area contributed by atoms with Gasteiger partial charge in [-0.3, -0.25) is 14.9 Å². The number of amides is 1. The summed E-state index contributed by atoms with van der Waals surface area (Å²) in [5, 5.41) is 13.4. The molecule has 3 aromatic rings. The van der Waals surface area contributed by atoms with Crippen LogP contribution in [0, 0.1) is 17.0 Å². The lowest BCUT2D eigenvalue weighted by atomic mass is 10.1. The van der Waals surface area contributed by atoms with Gasteiger partial charge in [-0.15, -0.1) is 0 Å². The average Bonchev–Trinajstić information content (AvgIpc) is 2.77. The van der Waals surface area contributed by atoms with E-state index in [1.165, 1.54) is 24.3 Å². The van der Waals surface area contributed by atoms with Gasteiger partial charge in [0.1, 0.15) is 0 Å². The van der Waals surface area contributed by atoms with Crippen LogP contribution in [0.2, 0.25) is 0 Å². The fraction of sp³-hybridized carbons (Fsp3) is 0.136. The fourth-order valence-electron chi connectivity index (χ4n) is 2.77. The van der Waals surface area contributed by atoms with Crippen molar-refractivity contribution >= 4 is 21.6 Å². The number of carbonyl (C=O) groups excluding carboxylic acids is 1. The summed E-state index contributed by atoms with van der Waals surface area (Å²) in [5.74, 6) is -0.343. The molecule has 9 heteroatoms. The summed E-state index contributed by atoms with van der Waals surface area (Å²) in [6.07, 6.45) is 0. The van der Waals surface area contributed by atoms with Gasteiger partial charge in [0, 0.05) is 30.8 Å². The molecule has 8 nitrogen and oxygen atoms in total. The summed E-state index contributed by atoms with van der Waals surface area (Å²) >= 11 is 0. The van der Waals surface area contributed by atoms with E-state index in [4.69, 9.17) is 0 Å². The standard InChI is InChI=1S/C22H21N3O5S/c1-16-2-12-21(13-3-16)31(29,30)24-15-18-6-4-17(5-7-18)14-23-22(26)19-8-10-20(11-9-19)25(27)28/h2-13,24H,14-15H2,1H3,(H,23,26). The monoisotopic (exact) mass is 439 g/mol. The van der Waals surface area contributed by atoms with Crippen molar-refractivity contribution in [3.05, 3.63) is 105 Å².